The van der Waals surface area contributed by atoms with Crippen LogP contribution in [0.2, 0.25) is 0 Å². The van der Waals surface area contributed by atoms with Crippen molar-refractivity contribution < 1.29 is 26.4 Å². The number of nitrogens with one attached hydrogen (secondary N) is 1. The first-order valence-corrected chi connectivity index (χ1v) is 9.81. The number of carbonyl (C=O) groups excluding carboxylic acids is 1. The van der Waals surface area contributed by atoms with Crippen LogP contribution in [-0.4, -0.2) is 55.4 Å². The molecule has 1 aromatic heterocycles. The SMILES string of the molecule is CC1CCN(C(C)CNC(=O)c2cccnc2S(=O)(=O)C(F)(F)F)CC1. The topological polar surface area (TPSA) is 79.4 Å². The fraction of sp³-hybridized carbons (Fsp3) is 0.625. The van der Waals surface area contributed by atoms with Crippen molar-refractivity contribution in [1.29, 1.82) is 0 Å². The van der Waals surface area contributed by atoms with Crippen molar-refractivity contribution in [3.63, 3.8) is 0 Å². The van der Waals surface area contributed by atoms with Gasteiger partial charge in [0.2, 0.25) is 0 Å². The highest BCUT2D eigenvalue weighted by Gasteiger charge is 2.49. The minimum absolute atomic E-state index is 0.00852. The Balaban J connectivity index is 2.09. The summed E-state index contributed by atoms with van der Waals surface area (Å²) < 4.78 is 61.6. The number of hydrogen-bond donors (Lipinski definition) is 1. The zero-order chi connectivity index (χ0) is 19.5. The summed E-state index contributed by atoms with van der Waals surface area (Å²) in [5.41, 5.74) is -6.13. The van der Waals surface area contributed by atoms with E-state index in [0.717, 1.165) is 38.2 Å². The molecule has 0 bridgehead atoms. The Bertz CT molecular complexity index is 745. The molecule has 6 nitrogen and oxygen atoms in total. The Morgan fingerprint density at radius 1 is 1.38 bits per heavy atom. The van der Waals surface area contributed by atoms with E-state index in [4.69, 9.17) is 0 Å². The molecule has 26 heavy (non-hydrogen) atoms. The number of amides is 1. The number of piperidine rings is 1. The Hall–Kier alpha value is -1.68. The molecule has 1 aliphatic heterocycles. The molecule has 1 unspecified atom stereocenters. The lowest BCUT2D eigenvalue weighted by Gasteiger charge is -2.35. The van der Waals surface area contributed by atoms with E-state index in [9.17, 15) is 26.4 Å². The summed E-state index contributed by atoms with van der Waals surface area (Å²) in [6, 6.07) is 2.24. The average Bonchev–Trinajstić information content (AvgIpc) is 2.59. The molecule has 1 saturated heterocycles. The summed E-state index contributed by atoms with van der Waals surface area (Å²) in [5.74, 6) is -0.239. The molecule has 2 heterocycles. The molecule has 1 amide bonds. The Morgan fingerprint density at radius 3 is 2.58 bits per heavy atom. The monoisotopic (exact) mass is 393 g/mol. The first-order valence-electron chi connectivity index (χ1n) is 8.32. The van der Waals surface area contributed by atoms with Gasteiger partial charge in [-0.15, -0.1) is 0 Å². The van der Waals surface area contributed by atoms with E-state index in [1.54, 1.807) is 0 Å². The summed E-state index contributed by atoms with van der Waals surface area (Å²) >= 11 is 0. The highest BCUT2D eigenvalue weighted by molar-refractivity contribution is 7.92. The van der Waals surface area contributed by atoms with Gasteiger partial charge in [0, 0.05) is 18.8 Å². The van der Waals surface area contributed by atoms with Crippen LogP contribution in [0.15, 0.2) is 23.4 Å². The first kappa shape index (κ1) is 20.6. The van der Waals surface area contributed by atoms with E-state index in [1.165, 1.54) is 6.07 Å². The molecule has 0 aliphatic carbocycles. The van der Waals surface area contributed by atoms with Gasteiger partial charge in [-0.2, -0.15) is 13.2 Å². The summed E-state index contributed by atoms with van der Waals surface area (Å²) in [6.07, 6.45) is 3.01. The largest absolute Gasteiger partial charge is 0.503 e. The number of aromatic nitrogens is 1. The summed E-state index contributed by atoms with van der Waals surface area (Å²) in [6.45, 7) is 6.06. The molecular formula is C16H22F3N3O3S. The number of rotatable bonds is 5. The molecule has 2 rings (SSSR count). The number of hydrogen-bond acceptors (Lipinski definition) is 5. The number of halogens is 3. The minimum Gasteiger partial charge on any atom is -0.350 e. The fourth-order valence-electron chi connectivity index (χ4n) is 2.82. The zero-order valence-corrected chi connectivity index (χ0v) is 15.4. The molecule has 1 aliphatic rings. The number of nitrogens with zero attached hydrogens (tertiary/aromatic N) is 2. The van der Waals surface area contributed by atoms with Gasteiger partial charge in [0.05, 0.1) is 5.56 Å². The van der Waals surface area contributed by atoms with Gasteiger partial charge in [0.1, 0.15) is 0 Å². The van der Waals surface area contributed by atoms with E-state index in [-0.39, 0.29) is 12.6 Å². The van der Waals surface area contributed by atoms with Crippen LogP contribution >= 0.6 is 0 Å². The Morgan fingerprint density at radius 2 is 2.00 bits per heavy atom. The van der Waals surface area contributed by atoms with Crippen LogP contribution in [0.5, 0.6) is 0 Å². The molecule has 0 spiro atoms. The van der Waals surface area contributed by atoms with Gasteiger partial charge in [-0.1, -0.05) is 6.92 Å². The lowest BCUT2D eigenvalue weighted by molar-refractivity contribution is -0.0438. The molecular weight excluding hydrogens is 371 g/mol. The smallest absolute Gasteiger partial charge is 0.350 e. The lowest BCUT2D eigenvalue weighted by atomic mass is 9.98. The molecule has 0 saturated carbocycles. The van der Waals surface area contributed by atoms with Crippen LogP contribution in [0.3, 0.4) is 0 Å². The quantitative estimate of drug-likeness (QED) is 0.830. The third-order valence-electron chi connectivity index (χ3n) is 4.57. The second-order valence-electron chi connectivity index (χ2n) is 6.58. The van der Waals surface area contributed by atoms with Crippen LogP contribution in [0.1, 0.15) is 37.0 Å². The Labute approximate surface area is 150 Å². The summed E-state index contributed by atoms with van der Waals surface area (Å²) in [7, 11) is -5.70. The molecule has 10 heteroatoms. The molecule has 146 valence electrons. The van der Waals surface area contributed by atoms with Crippen molar-refractivity contribution in [3.05, 3.63) is 23.9 Å². The zero-order valence-electron chi connectivity index (χ0n) is 14.6. The van der Waals surface area contributed by atoms with Gasteiger partial charge in [-0.25, -0.2) is 13.4 Å². The number of pyridine rings is 1. The predicted molar refractivity (Wildman–Crippen MR) is 89.2 cm³/mol. The predicted octanol–water partition coefficient (Wildman–Crippen LogP) is 2.23. The number of likely N-dealkylation sites (tertiary alicyclic amines) is 1. The molecule has 0 aromatic carbocycles. The molecule has 1 fully saturated rings. The summed E-state index contributed by atoms with van der Waals surface area (Å²) in [5, 5.41) is 1.25. The van der Waals surface area contributed by atoms with Crippen molar-refractivity contribution in [3.8, 4) is 0 Å². The van der Waals surface area contributed by atoms with Crippen molar-refractivity contribution in [2.24, 2.45) is 5.92 Å². The first-order chi connectivity index (χ1) is 12.0. The number of sulfone groups is 1. The van der Waals surface area contributed by atoms with Crippen molar-refractivity contribution in [1.82, 2.24) is 15.2 Å². The van der Waals surface area contributed by atoms with Crippen molar-refractivity contribution in [2.75, 3.05) is 19.6 Å². The second kappa shape index (κ2) is 7.91. The van der Waals surface area contributed by atoms with Crippen LogP contribution in [0.25, 0.3) is 0 Å². The van der Waals surface area contributed by atoms with Gasteiger partial charge in [0.25, 0.3) is 15.7 Å². The van der Waals surface area contributed by atoms with Gasteiger partial charge < -0.3 is 5.32 Å². The normalized spacial score (nSPS) is 18.5. The Kier molecular flexibility index (Phi) is 6.28. The minimum atomic E-state index is -5.70. The van der Waals surface area contributed by atoms with Crippen molar-refractivity contribution >= 4 is 15.7 Å². The van der Waals surface area contributed by atoms with Gasteiger partial charge in [0.15, 0.2) is 5.03 Å². The maximum atomic E-state index is 12.8. The third kappa shape index (κ3) is 4.53. The van der Waals surface area contributed by atoms with E-state index in [1.807, 2.05) is 6.92 Å². The van der Waals surface area contributed by atoms with Crippen molar-refractivity contribution in [2.45, 2.75) is 43.3 Å². The van der Waals surface area contributed by atoms with Crippen LogP contribution in [-0.2, 0) is 9.84 Å². The molecule has 1 N–H and O–H groups in total. The van der Waals surface area contributed by atoms with Gasteiger partial charge in [-0.05, 0) is 50.9 Å². The second-order valence-corrected chi connectivity index (χ2v) is 8.44. The van der Waals surface area contributed by atoms with E-state index >= 15 is 0 Å². The van der Waals surface area contributed by atoms with Crippen LogP contribution in [0, 0.1) is 5.92 Å². The average molecular weight is 393 g/mol. The van der Waals surface area contributed by atoms with Crippen LogP contribution in [0.4, 0.5) is 13.2 Å². The van der Waals surface area contributed by atoms with E-state index < -0.39 is 31.8 Å². The van der Waals surface area contributed by atoms with E-state index in [2.05, 4.69) is 22.1 Å². The van der Waals surface area contributed by atoms with Gasteiger partial charge in [-0.3, -0.25) is 9.69 Å². The molecule has 1 atom stereocenters. The number of alkyl halides is 3. The standard InChI is InChI=1S/C16H22F3N3O3S/c1-11-5-8-22(9-6-11)12(2)10-21-14(23)13-4-3-7-20-15(13)26(24,25)16(17,18)19/h3-4,7,11-12H,5-6,8-10H2,1-2H3,(H,21,23). The third-order valence-corrected chi connectivity index (χ3v) is 6.02. The fourth-order valence-corrected chi connectivity index (χ4v) is 3.69. The maximum Gasteiger partial charge on any atom is 0.503 e. The highest BCUT2D eigenvalue weighted by Crippen LogP contribution is 2.30. The maximum absolute atomic E-state index is 12.8. The van der Waals surface area contributed by atoms with Crippen LogP contribution < -0.4 is 5.32 Å². The van der Waals surface area contributed by atoms with Gasteiger partial charge >= 0.3 is 5.51 Å². The highest BCUT2D eigenvalue weighted by atomic mass is 32.2. The van der Waals surface area contributed by atoms with E-state index in [0.29, 0.717) is 5.92 Å². The molecule has 1 aromatic rings. The summed E-state index contributed by atoms with van der Waals surface area (Å²) in [4.78, 5) is 17.8. The molecule has 0 radical (unpaired) electrons. The number of carbonyl (C=O) groups is 1. The lowest BCUT2D eigenvalue weighted by Crippen LogP contribution is -2.45.